The van der Waals surface area contributed by atoms with Crippen LogP contribution in [0.4, 0.5) is 10.2 Å². The molecular weight excluding hydrogens is 197 g/mol. The van der Waals surface area contributed by atoms with Crippen LogP contribution in [0.1, 0.15) is 0 Å². The third-order valence-corrected chi connectivity index (χ3v) is 1.95. The number of hydrogen-bond donors (Lipinski definition) is 1. The van der Waals surface area contributed by atoms with E-state index in [1.165, 1.54) is 30.5 Å². The first-order chi connectivity index (χ1) is 7.18. The Hall–Kier alpha value is -2.17. The lowest BCUT2D eigenvalue weighted by Gasteiger charge is -2.07. The summed E-state index contributed by atoms with van der Waals surface area (Å²) in [6.07, 6.45) is 1.31. The number of halogens is 1. The molecule has 0 aliphatic carbocycles. The molecule has 0 aliphatic rings. The molecule has 2 aromatic rings. The fourth-order valence-corrected chi connectivity index (χ4v) is 1.29. The molecular formula is C10H8FN3O. The van der Waals surface area contributed by atoms with Gasteiger partial charge < -0.3 is 5.73 Å². The van der Waals surface area contributed by atoms with Crippen LogP contribution < -0.4 is 11.4 Å². The molecule has 5 heteroatoms. The maximum atomic E-state index is 12.9. The third-order valence-electron chi connectivity index (χ3n) is 1.95. The van der Waals surface area contributed by atoms with Crippen molar-refractivity contribution in [2.24, 2.45) is 0 Å². The van der Waals surface area contributed by atoms with E-state index in [2.05, 4.69) is 4.98 Å². The average Bonchev–Trinajstić information content (AvgIpc) is 2.17. The third kappa shape index (κ3) is 1.71. The Morgan fingerprint density at radius 3 is 2.80 bits per heavy atom. The van der Waals surface area contributed by atoms with Crippen molar-refractivity contribution >= 4 is 5.82 Å². The van der Waals surface area contributed by atoms with Gasteiger partial charge in [-0.3, -0.25) is 0 Å². The summed E-state index contributed by atoms with van der Waals surface area (Å²) >= 11 is 0. The van der Waals surface area contributed by atoms with E-state index in [-0.39, 0.29) is 5.82 Å². The van der Waals surface area contributed by atoms with Crippen molar-refractivity contribution in [2.45, 2.75) is 0 Å². The lowest BCUT2D eigenvalue weighted by Crippen LogP contribution is -2.23. The minimum absolute atomic E-state index is 0.223. The Kier molecular flexibility index (Phi) is 2.21. The summed E-state index contributed by atoms with van der Waals surface area (Å²) in [5, 5.41) is 0. The van der Waals surface area contributed by atoms with Gasteiger partial charge in [0.05, 0.1) is 5.69 Å². The number of nitrogens with two attached hydrogens (primary N) is 1. The highest BCUT2D eigenvalue weighted by Crippen LogP contribution is 2.10. The Balaban J connectivity index is 2.69. The molecule has 0 aliphatic heterocycles. The predicted octanol–water partition coefficient (Wildman–Crippen LogP) is 0.954. The summed E-state index contributed by atoms with van der Waals surface area (Å²) in [6.45, 7) is 0. The number of aromatic nitrogens is 2. The normalized spacial score (nSPS) is 10.2. The quantitative estimate of drug-likeness (QED) is 0.754. The zero-order valence-corrected chi connectivity index (χ0v) is 7.72. The maximum Gasteiger partial charge on any atom is 0.353 e. The summed E-state index contributed by atoms with van der Waals surface area (Å²) in [5.41, 5.74) is 5.44. The molecule has 0 amide bonds. The summed E-state index contributed by atoms with van der Waals surface area (Å²) in [7, 11) is 0. The molecule has 1 heterocycles. The Morgan fingerprint density at radius 1 is 1.33 bits per heavy atom. The van der Waals surface area contributed by atoms with Crippen LogP contribution in [0, 0.1) is 5.82 Å². The van der Waals surface area contributed by atoms with Crippen LogP contribution in [-0.2, 0) is 0 Å². The van der Waals surface area contributed by atoms with E-state index in [0.29, 0.717) is 5.69 Å². The van der Waals surface area contributed by atoms with Crippen molar-refractivity contribution in [2.75, 3.05) is 5.73 Å². The van der Waals surface area contributed by atoms with Gasteiger partial charge in [0, 0.05) is 6.20 Å². The molecule has 76 valence electrons. The molecule has 0 bridgehead atoms. The average molecular weight is 205 g/mol. The largest absolute Gasteiger partial charge is 0.385 e. The topological polar surface area (TPSA) is 60.9 Å². The lowest BCUT2D eigenvalue weighted by atomic mass is 10.3. The number of nitrogens with zero attached hydrogens (tertiary/aromatic N) is 2. The molecule has 0 radical (unpaired) electrons. The SMILES string of the molecule is Nc1ccnc(=O)n1-c1cccc(F)c1. The van der Waals surface area contributed by atoms with Crippen molar-refractivity contribution in [1.29, 1.82) is 0 Å². The Labute approximate surface area is 84.8 Å². The molecule has 4 nitrogen and oxygen atoms in total. The van der Waals surface area contributed by atoms with Gasteiger partial charge in [0.15, 0.2) is 0 Å². The zero-order chi connectivity index (χ0) is 10.8. The van der Waals surface area contributed by atoms with Gasteiger partial charge in [-0.2, -0.15) is 0 Å². The summed E-state index contributed by atoms with van der Waals surface area (Å²) in [4.78, 5) is 15.0. The van der Waals surface area contributed by atoms with Crippen molar-refractivity contribution in [1.82, 2.24) is 9.55 Å². The first-order valence-corrected chi connectivity index (χ1v) is 4.28. The highest BCUT2D eigenvalue weighted by Gasteiger charge is 2.04. The van der Waals surface area contributed by atoms with Crippen LogP contribution in [-0.4, -0.2) is 9.55 Å². The molecule has 0 saturated carbocycles. The van der Waals surface area contributed by atoms with Gasteiger partial charge in [-0.1, -0.05) is 6.07 Å². The number of nitrogen functional groups attached to an aromatic ring is 1. The molecule has 0 unspecified atom stereocenters. The van der Waals surface area contributed by atoms with E-state index in [4.69, 9.17) is 5.73 Å². The second-order valence-electron chi connectivity index (χ2n) is 2.97. The summed E-state index contributed by atoms with van der Waals surface area (Å²) in [6, 6.07) is 7.08. The van der Waals surface area contributed by atoms with Crippen LogP contribution >= 0.6 is 0 Å². The second kappa shape index (κ2) is 3.53. The molecule has 2 rings (SSSR count). The number of rotatable bonds is 1. The smallest absolute Gasteiger partial charge is 0.353 e. The zero-order valence-electron chi connectivity index (χ0n) is 7.72. The van der Waals surface area contributed by atoms with Crippen LogP contribution in [0.2, 0.25) is 0 Å². The van der Waals surface area contributed by atoms with Gasteiger partial charge in [-0.15, -0.1) is 0 Å². The molecule has 0 spiro atoms. The number of anilines is 1. The molecule has 0 fully saturated rings. The van der Waals surface area contributed by atoms with Gasteiger partial charge in [0.1, 0.15) is 11.6 Å². The molecule has 2 N–H and O–H groups in total. The van der Waals surface area contributed by atoms with Gasteiger partial charge >= 0.3 is 5.69 Å². The van der Waals surface area contributed by atoms with E-state index < -0.39 is 11.5 Å². The molecule has 15 heavy (non-hydrogen) atoms. The van der Waals surface area contributed by atoms with Crippen LogP contribution in [0.15, 0.2) is 41.3 Å². The Bertz CT molecular complexity index is 550. The van der Waals surface area contributed by atoms with Crippen LogP contribution in [0.3, 0.4) is 0 Å². The predicted molar refractivity (Wildman–Crippen MR) is 54.2 cm³/mol. The van der Waals surface area contributed by atoms with Gasteiger partial charge in [0.2, 0.25) is 0 Å². The van der Waals surface area contributed by atoms with Crippen LogP contribution in [0.5, 0.6) is 0 Å². The van der Waals surface area contributed by atoms with Crippen molar-refractivity contribution < 1.29 is 4.39 Å². The monoisotopic (exact) mass is 205 g/mol. The van der Waals surface area contributed by atoms with Crippen molar-refractivity contribution in [3.05, 3.63) is 52.8 Å². The fourth-order valence-electron chi connectivity index (χ4n) is 1.29. The van der Waals surface area contributed by atoms with Gasteiger partial charge in [-0.05, 0) is 24.3 Å². The molecule has 0 atom stereocenters. The molecule has 0 saturated heterocycles. The van der Waals surface area contributed by atoms with E-state index in [9.17, 15) is 9.18 Å². The van der Waals surface area contributed by atoms with Gasteiger partial charge in [0.25, 0.3) is 0 Å². The number of hydrogen-bond acceptors (Lipinski definition) is 3. The van der Waals surface area contributed by atoms with E-state index in [1.807, 2.05) is 0 Å². The highest BCUT2D eigenvalue weighted by molar-refractivity contribution is 5.41. The van der Waals surface area contributed by atoms with Gasteiger partial charge in [-0.25, -0.2) is 18.7 Å². The van der Waals surface area contributed by atoms with E-state index >= 15 is 0 Å². The summed E-state index contributed by atoms with van der Waals surface area (Å²) in [5.74, 6) is -0.205. The summed E-state index contributed by atoms with van der Waals surface area (Å²) < 4.78 is 14.1. The molecule has 1 aromatic heterocycles. The van der Waals surface area contributed by atoms with Crippen LogP contribution in [0.25, 0.3) is 5.69 Å². The maximum absolute atomic E-state index is 12.9. The first-order valence-electron chi connectivity index (χ1n) is 4.28. The number of benzene rings is 1. The van der Waals surface area contributed by atoms with E-state index in [0.717, 1.165) is 4.57 Å². The minimum atomic E-state index is -0.527. The van der Waals surface area contributed by atoms with Crippen molar-refractivity contribution in [3.63, 3.8) is 0 Å². The highest BCUT2D eigenvalue weighted by atomic mass is 19.1. The minimum Gasteiger partial charge on any atom is -0.385 e. The Morgan fingerprint density at radius 2 is 2.13 bits per heavy atom. The lowest BCUT2D eigenvalue weighted by molar-refractivity contribution is 0.626. The standard InChI is InChI=1S/C10H8FN3O/c11-7-2-1-3-8(6-7)14-9(12)4-5-13-10(14)15/h1-6H,12H2. The first kappa shape index (κ1) is 9.39. The van der Waals surface area contributed by atoms with Crippen molar-refractivity contribution in [3.8, 4) is 5.69 Å². The van der Waals surface area contributed by atoms with E-state index in [1.54, 1.807) is 6.07 Å². The second-order valence-corrected chi connectivity index (χ2v) is 2.97. The fraction of sp³-hybridized carbons (Fsp3) is 0. The molecule has 1 aromatic carbocycles.